The lowest BCUT2D eigenvalue weighted by atomic mass is 9.85. The van der Waals surface area contributed by atoms with Crippen molar-refractivity contribution in [1.82, 2.24) is 4.90 Å². The van der Waals surface area contributed by atoms with Crippen LogP contribution in [0.3, 0.4) is 0 Å². The third-order valence-electron chi connectivity index (χ3n) is 5.46. The highest BCUT2D eigenvalue weighted by Crippen LogP contribution is 2.38. The molecule has 0 atom stereocenters. The molecule has 4 rings (SSSR count). The summed E-state index contributed by atoms with van der Waals surface area (Å²) in [6, 6.07) is 4.48. The molecule has 2 heterocycles. The van der Waals surface area contributed by atoms with Gasteiger partial charge in [0, 0.05) is 19.9 Å². The Kier molecular flexibility index (Phi) is 4.28. The first-order valence-corrected chi connectivity index (χ1v) is 8.91. The van der Waals surface area contributed by atoms with Crippen molar-refractivity contribution >= 4 is 17.8 Å². The molecule has 3 aliphatic rings. The maximum absolute atomic E-state index is 12.3. The summed E-state index contributed by atoms with van der Waals surface area (Å²) < 4.78 is 16.8. The van der Waals surface area contributed by atoms with Gasteiger partial charge in [0.05, 0.1) is 36.5 Å². The molecule has 2 aliphatic heterocycles. The van der Waals surface area contributed by atoms with Gasteiger partial charge < -0.3 is 14.2 Å². The molecule has 7 nitrogen and oxygen atoms in total. The molecule has 1 spiro atoms. The predicted molar refractivity (Wildman–Crippen MR) is 89.7 cm³/mol. The molecule has 7 heteroatoms. The summed E-state index contributed by atoms with van der Waals surface area (Å²) in [6.45, 7) is 1.63. The fourth-order valence-electron chi connectivity index (χ4n) is 3.83. The van der Waals surface area contributed by atoms with Gasteiger partial charge >= 0.3 is 5.97 Å². The first kappa shape index (κ1) is 17.2. The van der Waals surface area contributed by atoms with Gasteiger partial charge in [-0.15, -0.1) is 0 Å². The topological polar surface area (TPSA) is 82.1 Å². The maximum atomic E-state index is 12.3. The summed E-state index contributed by atoms with van der Waals surface area (Å²) in [5, 5.41) is 0. The van der Waals surface area contributed by atoms with E-state index in [1.807, 2.05) is 0 Å². The van der Waals surface area contributed by atoms with Crippen molar-refractivity contribution in [1.29, 1.82) is 0 Å². The van der Waals surface area contributed by atoms with E-state index < -0.39 is 17.7 Å². The van der Waals surface area contributed by atoms with E-state index in [1.54, 1.807) is 0 Å². The fourth-order valence-corrected chi connectivity index (χ4v) is 3.83. The van der Waals surface area contributed by atoms with Crippen LogP contribution in [0.25, 0.3) is 0 Å². The molecule has 1 aliphatic carbocycles. The van der Waals surface area contributed by atoms with Crippen LogP contribution in [-0.4, -0.2) is 55.3 Å². The van der Waals surface area contributed by atoms with Gasteiger partial charge in [-0.05, 0) is 37.0 Å². The minimum absolute atomic E-state index is 0.252. The summed E-state index contributed by atoms with van der Waals surface area (Å²) in [5.41, 5.74) is 0.861. The number of hydrogen-bond acceptors (Lipinski definition) is 6. The summed E-state index contributed by atoms with van der Waals surface area (Å²) in [4.78, 5) is 37.3. The summed E-state index contributed by atoms with van der Waals surface area (Å²) in [6.07, 6.45) is 3.40. The summed E-state index contributed by atoms with van der Waals surface area (Å²) >= 11 is 0. The summed E-state index contributed by atoms with van der Waals surface area (Å²) in [7, 11) is 1.43. The third kappa shape index (κ3) is 2.91. The monoisotopic (exact) mass is 359 g/mol. The number of hydrogen-bond donors (Lipinski definition) is 0. The molecular formula is C19H21NO6. The first-order valence-electron chi connectivity index (χ1n) is 8.91. The molecule has 0 aromatic heterocycles. The Morgan fingerprint density at radius 2 is 1.81 bits per heavy atom. The van der Waals surface area contributed by atoms with Gasteiger partial charge in [-0.25, -0.2) is 4.79 Å². The molecule has 26 heavy (non-hydrogen) atoms. The van der Waals surface area contributed by atoms with E-state index in [-0.39, 0.29) is 23.0 Å². The lowest BCUT2D eigenvalue weighted by molar-refractivity contribution is -0.183. The van der Waals surface area contributed by atoms with E-state index in [4.69, 9.17) is 14.2 Å². The highest BCUT2D eigenvalue weighted by molar-refractivity contribution is 6.21. The van der Waals surface area contributed by atoms with E-state index >= 15 is 0 Å². The number of esters is 1. The molecule has 1 aromatic carbocycles. The van der Waals surface area contributed by atoms with Crippen LogP contribution in [0.5, 0.6) is 0 Å². The molecule has 1 saturated heterocycles. The van der Waals surface area contributed by atoms with Crippen LogP contribution in [0.1, 0.15) is 56.8 Å². The van der Waals surface area contributed by atoms with Crippen molar-refractivity contribution in [3.8, 4) is 0 Å². The van der Waals surface area contributed by atoms with E-state index in [1.165, 1.54) is 25.2 Å². The zero-order chi connectivity index (χ0) is 18.3. The number of carbonyl (C=O) groups excluding carboxylic acids is 3. The van der Waals surface area contributed by atoms with Gasteiger partial charge in [-0.3, -0.25) is 14.5 Å². The van der Waals surface area contributed by atoms with Crippen molar-refractivity contribution in [3.05, 3.63) is 34.9 Å². The van der Waals surface area contributed by atoms with Crippen molar-refractivity contribution in [2.75, 3.05) is 26.9 Å². The Morgan fingerprint density at radius 1 is 1.15 bits per heavy atom. The molecule has 1 aromatic rings. The van der Waals surface area contributed by atoms with E-state index in [2.05, 4.69) is 0 Å². The Labute approximate surface area is 151 Å². The number of rotatable bonds is 3. The molecule has 0 radical (unpaired) electrons. The number of imide groups is 1. The van der Waals surface area contributed by atoms with Gasteiger partial charge in [0.25, 0.3) is 11.8 Å². The van der Waals surface area contributed by atoms with Gasteiger partial charge in [0.15, 0.2) is 5.79 Å². The van der Waals surface area contributed by atoms with Crippen molar-refractivity contribution < 1.29 is 28.6 Å². The number of carbonyl (C=O) groups is 3. The highest BCUT2D eigenvalue weighted by atomic mass is 16.7. The van der Waals surface area contributed by atoms with Crippen LogP contribution in [-0.2, 0) is 14.2 Å². The molecule has 2 amide bonds. The number of ether oxygens (including phenoxy) is 3. The number of amides is 2. The average Bonchev–Trinajstić information content (AvgIpc) is 3.20. The lowest BCUT2D eigenvalue weighted by Gasteiger charge is -2.35. The van der Waals surface area contributed by atoms with Crippen LogP contribution in [0.2, 0.25) is 0 Å². The first-order chi connectivity index (χ1) is 12.5. The Bertz CT molecular complexity index is 757. The molecule has 2 fully saturated rings. The van der Waals surface area contributed by atoms with Crippen LogP contribution in [0.15, 0.2) is 18.2 Å². The average molecular weight is 359 g/mol. The van der Waals surface area contributed by atoms with Gasteiger partial charge in [-0.1, -0.05) is 0 Å². The molecule has 0 bridgehead atoms. The quantitative estimate of drug-likeness (QED) is 0.606. The SMILES string of the molecule is CN1C(=O)c2ccc(C(=O)OCC3CCC4(CC3)OCCO4)cc2C1=O. The number of nitrogens with zero attached hydrogens (tertiary/aromatic N) is 1. The Hall–Kier alpha value is -2.25. The molecular weight excluding hydrogens is 338 g/mol. The molecule has 0 N–H and O–H groups in total. The van der Waals surface area contributed by atoms with Gasteiger partial charge in [0.1, 0.15) is 0 Å². The molecule has 0 unspecified atom stereocenters. The standard InChI is InChI=1S/C19H21NO6/c1-20-16(21)14-3-2-13(10-15(14)17(20)22)18(23)24-11-12-4-6-19(7-5-12)25-8-9-26-19/h2-3,10,12H,4-9,11H2,1H3. The lowest BCUT2D eigenvalue weighted by Crippen LogP contribution is -2.36. The van der Waals surface area contributed by atoms with Crippen LogP contribution < -0.4 is 0 Å². The predicted octanol–water partition coefficient (Wildman–Crippen LogP) is 2.00. The number of benzene rings is 1. The normalized spacial score (nSPS) is 22.1. The third-order valence-corrected chi connectivity index (χ3v) is 5.46. The highest BCUT2D eigenvalue weighted by Gasteiger charge is 2.40. The summed E-state index contributed by atoms with van der Waals surface area (Å²) in [5.74, 6) is -1.36. The van der Waals surface area contributed by atoms with Crippen LogP contribution in [0.4, 0.5) is 0 Å². The molecule has 1 saturated carbocycles. The largest absolute Gasteiger partial charge is 0.462 e. The van der Waals surface area contributed by atoms with Crippen molar-refractivity contribution in [3.63, 3.8) is 0 Å². The maximum Gasteiger partial charge on any atom is 0.338 e. The van der Waals surface area contributed by atoms with Crippen molar-refractivity contribution in [2.24, 2.45) is 5.92 Å². The Morgan fingerprint density at radius 3 is 2.50 bits per heavy atom. The smallest absolute Gasteiger partial charge is 0.338 e. The van der Waals surface area contributed by atoms with Crippen LogP contribution in [0, 0.1) is 5.92 Å². The minimum atomic E-state index is -0.476. The molecule has 138 valence electrons. The minimum Gasteiger partial charge on any atom is -0.462 e. The van der Waals surface area contributed by atoms with E-state index in [9.17, 15) is 14.4 Å². The fraction of sp³-hybridized carbons (Fsp3) is 0.526. The van der Waals surface area contributed by atoms with E-state index in [0.29, 0.717) is 25.4 Å². The van der Waals surface area contributed by atoms with E-state index in [0.717, 1.165) is 30.6 Å². The van der Waals surface area contributed by atoms with Crippen molar-refractivity contribution in [2.45, 2.75) is 31.5 Å². The Balaban J connectivity index is 1.35. The zero-order valence-corrected chi connectivity index (χ0v) is 14.7. The van der Waals surface area contributed by atoms with Gasteiger partial charge in [0.2, 0.25) is 0 Å². The number of fused-ring (bicyclic) bond motifs is 1. The van der Waals surface area contributed by atoms with Gasteiger partial charge in [-0.2, -0.15) is 0 Å². The second kappa shape index (κ2) is 6.48. The second-order valence-electron chi connectivity index (χ2n) is 7.08. The second-order valence-corrected chi connectivity index (χ2v) is 7.08. The van der Waals surface area contributed by atoms with Crippen LogP contribution >= 0.6 is 0 Å². The zero-order valence-electron chi connectivity index (χ0n) is 14.7.